The summed E-state index contributed by atoms with van der Waals surface area (Å²) in [4.78, 5) is 0. The van der Waals surface area contributed by atoms with Crippen LogP contribution in [-0.2, 0) is 10.0 Å². The molecule has 0 aromatic carbocycles. The van der Waals surface area contributed by atoms with Crippen molar-refractivity contribution in [1.29, 1.82) is 0 Å². The maximum absolute atomic E-state index is 11.9. The van der Waals surface area contributed by atoms with Gasteiger partial charge in [-0.3, -0.25) is 0 Å². The minimum Gasteiger partial charge on any atom is -0.317 e. The largest absolute Gasteiger partial charge is 0.317 e. The van der Waals surface area contributed by atoms with Gasteiger partial charge in [-0.05, 0) is 25.9 Å². The Morgan fingerprint density at radius 2 is 2.00 bits per heavy atom. The van der Waals surface area contributed by atoms with Gasteiger partial charge in [0.2, 0.25) is 16.0 Å². The summed E-state index contributed by atoms with van der Waals surface area (Å²) in [5, 5.41) is 3.09. The fourth-order valence-electron chi connectivity index (χ4n) is 1.23. The first-order valence-corrected chi connectivity index (χ1v) is 5.56. The molecule has 0 aromatic rings. The number of piperidine rings is 1. The van der Waals surface area contributed by atoms with E-state index >= 15 is 0 Å². The Bertz CT molecular complexity index is 224. The van der Waals surface area contributed by atoms with Crippen LogP contribution in [0.15, 0.2) is 0 Å². The van der Waals surface area contributed by atoms with Crippen molar-refractivity contribution in [2.75, 3.05) is 19.1 Å². The Labute approximate surface area is 71.6 Å². The predicted octanol–water partition coefficient (Wildman–Crippen LogP) is -0.415. The summed E-state index contributed by atoms with van der Waals surface area (Å²) in [7, 11) is -3.66. The number of hydrogen-bond acceptors (Lipinski definition) is 3. The lowest BCUT2D eigenvalue weighted by Crippen LogP contribution is -2.43. The molecule has 0 radical (unpaired) electrons. The van der Waals surface area contributed by atoms with E-state index in [2.05, 4.69) is 10.0 Å². The summed E-state index contributed by atoms with van der Waals surface area (Å²) in [6, 6.07) is -1.41. The van der Waals surface area contributed by atoms with Gasteiger partial charge in [0.1, 0.15) is 0 Å². The summed E-state index contributed by atoms with van der Waals surface area (Å²) < 4.78 is 35.7. The van der Waals surface area contributed by atoms with Gasteiger partial charge in [0.05, 0.1) is 0 Å². The molecule has 4 nitrogen and oxygen atoms in total. The van der Waals surface area contributed by atoms with E-state index in [0.29, 0.717) is 0 Å². The van der Waals surface area contributed by atoms with E-state index < -0.39 is 16.0 Å². The van der Waals surface area contributed by atoms with Gasteiger partial charge in [-0.2, -0.15) is 0 Å². The second kappa shape index (κ2) is 4.15. The average molecular weight is 196 g/mol. The highest BCUT2D eigenvalue weighted by Crippen LogP contribution is 2.03. The van der Waals surface area contributed by atoms with Crippen LogP contribution in [0.5, 0.6) is 0 Å². The number of sulfonamides is 1. The molecule has 1 heterocycles. The van der Waals surface area contributed by atoms with Gasteiger partial charge >= 0.3 is 0 Å². The van der Waals surface area contributed by atoms with Crippen LogP contribution < -0.4 is 10.0 Å². The summed E-state index contributed by atoms with van der Waals surface area (Å²) in [6.07, 6.45) is 1.47. The Hall–Kier alpha value is -0.200. The molecule has 1 fully saturated rings. The van der Waals surface area contributed by atoms with Gasteiger partial charge in [0, 0.05) is 6.04 Å². The lowest BCUT2D eigenvalue weighted by molar-refractivity contribution is 0.421. The molecule has 0 spiro atoms. The van der Waals surface area contributed by atoms with Gasteiger partial charge < -0.3 is 5.32 Å². The quantitative estimate of drug-likeness (QED) is 0.645. The number of hydrogen-bond donors (Lipinski definition) is 2. The molecule has 0 saturated carbocycles. The molecule has 0 unspecified atom stereocenters. The highest BCUT2D eigenvalue weighted by molar-refractivity contribution is 7.89. The molecule has 0 aliphatic carbocycles. The summed E-state index contributed by atoms with van der Waals surface area (Å²) >= 11 is 0. The summed E-state index contributed by atoms with van der Waals surface area (Å²) in [5.74, 6) is 0. The van der Waals surface area contributed by atoms with Crippen LogP contribution in [0.1, 0.15) is 12.8 Å². The van der Waals surface area contributed by atoms with Crippen molar-refractivity contribution in [3.05, 3.63) is 0 Å². The zero-order valence-electron chi connectivity index (χ0n) is 6.72. The normalized spacial score (nSPS) is 21.1. The van der Waals surface area contributed by atoms with Crippen molar-refractivity contribution in [1.82, 2.24) is 10.0 Å². The van der Waals surface area contributed by atoms with Gasteiger partial charge in [-0.25, -0.2) is 17.5 Å². The van der Waals surface area contributed by atoms with Gasteiger partial charge in [-0.15, -0.1) is 0 Å². The van der Waals surface area contributed by atoms with E-state index in [0.717, 1.165) is 25.9 Å². The van der Waals surface area contributed by atoms with Crippen LogP contribution in [0.25, 0.3) is 0 Å². The van der Waals surface area contributed by atoms with Crippen molar-refractivity contribution in [3.8, 4) is 0 Å². The molecule has 6 heteroatoms. The Kier molecular flexibility index (Phi) is 3.42. The third-order valence-corrected chi connectivity index (χ3v) is 2.81. The van der Waals surface area contributed by atoms with Crippen molar-refractivity contribution < 1.29 is 12.8 Å². The maximum atomic E-state index is 11.9. The first-order valence-electron chi connectivity index (χ1n) is 3.91. The number of rotatable bonds is 3. The van der Waals surface area contributed by atoms with E-state index in [4.69, 9.17) is 0 Å². The third kappa shape index (κ3) is 3.04. The zero-order chi connectivity index (χ0) is 9.03. The Morgan fingerprint density at radius 3 is 2.50 bits per heavy atom. The van der Waals surface area contributed by atoms with Gasteiger partial charge in [-0.1, -0.05) is 0 Å². The maximum Gasteiger partial charge on any atom is 0.241 e. The predicted molar refractivity (Wildman–Crippen MR) is 43.9 cm³/mol. The van der Waals surface area contributed by atoms with Crippen LogP contribution in [0.4, 0.5) is 4.39 Å². The molecule has 0 aromatic heterocycles. The summed E-state index contributed by atoms with van der Waals surface area (Å²) in [5.41, 5.74) is 0. The van der Waals surface area contributed by atoms with Crippen LogP contribution in [0.2, 0.25) is 0 Å². The van der Waals surface area contributed by atoms with E-state index in [1.165, 1.54) is 0 Å². The van der Waals surface area contributed by atoms with Crippen LogP contribution in [0.3, 0.4) is 0 Å². The van der Waals surface area contributed by atoms with E-state index in [1.54, 1.807) is 0 Å². The standard InChI is InChI=1S/C6H13FN2O2S/c7-5-12(10,11)9-6-1-3-8-4-2-6/h6,8-9H,1-5H2. The first kappa shape index (κ1) is 9.88. The smallest absolute Gasteiger partial charge is 0.241 e. The minimum absolute atomic E-state index is 0.0907. The first-order chi connectivity index (χ1) is 5.64. The molecule has 2 N–H and O–H groups in total. The molecular formula is C6H13FN2O2S. The topological polar surface area (TPSA) is 58.2 Å². The molecule has 12 heavy (non-hydrogen) atoms. The second-order valence-corrected chi connectivity index (χ2v) is 4.55. The van der Waals surface area contributed by atoms with Crippen LogP contribution in [-0.4, -0.2) is 33.6 Å². The lowest BCUT2D eigenvalue weighted by atomic mass is 10.1. The minimum atomic E-state index is -3.66. The fraction of sp³-hybridized carbons (Fsp3) is 1.00. The monoisotopic (exact) mass is 196 g/mol. The number of halogens is 1. The Morgan fingerprint density at radius 1 is 1.42 bits per heavy atom. The molecule has 1 aliphatic heterocycles. The molecule has 0 atom stereocenters. The molecule has 1 saturated heterocycles. The number of alkyl halides is 1. The molecule has 1 aliphatic rings. The third-order valence-electron chi connectivity index (χ3n) is 1.83. The average Bonchev–Trinajstić information content (AvgIpc) is 2.06. The van der Waals surface area contributed by atoms with E-state index in [-0.39, 0.29) is 6.04 Å². The molecular weight excluding hydrogens is 183 g/mol. The van der Waals surface area contributed by atoms with E-state index in [9.17, 15) is 12.8 Å². The number of nitrogens with one attached hydrogen (secondary N) is 2. The van der Waals surface area contributed by atoms with Gasteiger partial charge in [0.15, 0.2) is 0 Å². The summed E-state index contributed by atoms with van der Waals surface area (Å²) in [6.45, 7) is 1.58. The highest BCUT2D eigenvalue weighted by atomic mass is 32.2. The zero-order valence-corrected chi connectivity index (χ0v) is 7.53. The SMILES string of the molecule is O=S(=O)(CF)NC1CCNCC1. The van der Waals surface area contributed by atoms with Crippen LogP contribution >= 0.6 is 0 Å². The highest BCUT2D eigenvalue weighted by Gasteiger charge is 2.19. The molecule has 0 bridgehead atoms. The van der Waals surface area contributed by atoms with Crippen molar-refractivity contribution >= 4 is 10.0 Å². The van der Waals surface area contributed by atoms with Crippen molar-refractivity contribution in [2.24, 2.45) is 0 Å². The molecule has 1 rings (SSSR count). The lowest BCUT2D eigenvalue weighted by Gasteiger charge is -2.22. The van der Waals surface area contributed by atoms with Gasteiger partial charge in [0.25, 0.3) is 0 Å². The molecule has 72 valence electrons. The Balaban J connectivity index is 2.39. The van der Waals surface area contributed by atoms with E-state index in [1.807, 2.05) is 0 Å². The fourth-order valence-corrected chi connectivity index (χ4v) is 2.03. The van der Waals surface area contributed by atoms with Crippen molar-refractivity contribution in [2.45, 2.75) is 18.9 Å². The molecule has 0 amide bonds. The van der Waals surface area contributed by atoms with Crippen molar-refractivity contribution in [3.63, 3.8) is 0 Å². The second-order valence-electron chi connectivity index (χ2n) is 2.87. The van der Waals surface area contributed by atoms with Crippen LogP contribution in [0, 0.1) is 0 Å².